The molecule has 0 amide bonds. The molecule has 0 aromatic carbocycles. The Kier molecular flexibility index (Phi) is 3.74. The second-order valence-corrected chi connectivity index (χ2v) is 4.45. The van der Waals surface area contributed by atoms with Gasteiger partial charge in [0, 0.05) is 45.0 Å². The van der Waals surface area contributed by atoms with Crippen LogP contribution in [0, 0.1) is 0 Å². The topological polar surface area (TPSA) is 45.4 Å². The van der Waals surface area contributed by atoms with Crippen LogP contribution >= 0.6 is 0 Å². The van der Waals surface area contributed by atoms with E-state index in [0.717, 1.165) is 38.5 Å². The van der Waals surface area contributed by atoms with E-state index >= 15 is 0 Å². The van der Waals surface area contributed by atoms with Crippen LogP contribution < -0.4 is 10.6 Å². The summed E-state index contributed by atoms with van der Waals surface area (Å²) in [6.45, 7) is 7.31. The third-order valence-corrected chi connectivity index (χ3v) is 2.89. The Bertz CT molecular complexity index is 304. The number of aromatic nitrogens is 1. The van der Waals surface area contributed by atoms with Gasteiger partial charge in [-0.2, -0.15) is 0 Å². The van der Waals surface area contributed by atoms with Crippen LogP contribution in [0.1, 0.15) is 6.92 Å². The van der Waals surface area contributed by atoms with Crippen molar-refractivity contribution >= 4 is 5.82 Å². The van der Waals surface area contributed by atoms with E-state index in [-0.39, 0.29) is 6.04 Å². The second-order valence-electron chi connectivity index (χ2n) is 4.45. The smallest absolute Gasteiger partial charge is 0.128 e. The number of hydrogen-bond acceptors (Lipinski definition) is 4. The molecule has 4 nitrogen and oxygen atoms in total. The van der Waals surface area contributed by atoms with Gasteiger partial charge in [-0.15, -0.1) is 0 Å². The number of nitrogens with zero attached hydrogens (tertiary/aromatic N) is 3. The van der Waals surface area contributed by atoms with Crippen molar-refractivity contribution in [3.8, 4) is 0 Å². The molecule has 0 radical (unpaired) electrons. The highest BCUT2D eigenvalue weighted by molar-refractivity contribution is 5.38. The van der Waals surface area contributed by atoms with Crippen molar-refractivity contribution in [2.45, 2.75) is 13.0 Å². The van der Waals surface area contributed by atoms with Crippen LogP contribution in [-0.4, -0.2) is 48.6 Å². The van der Waals surface area contributed by atoms with Gasteiger partial charge in [-0.05, 0) is 19.1 Å². The lowest BCUT2D eigenvalue weighted by Gasteiger charge is -2.36. The van der Waals surface area contributed by atoms with Crippen molar-refractivity contribution in [1.82, 2.24) is 9.88 Å². The van der Waals surface area contributed by atoms with Crippen molar-refractivity contribution in [1.29, 1.82) is 0 Å². The first-order valence-corrected chi connectivity index (χ1v) is 5.89. The van der Waals surface area contributed by atoms with Crippen LogP contribution in [0.2, 0.25) is 0 Å². The molecule has 2 heterocycles. The lowest BCUT2D eigenvalue weighted by molar-refractivity contribution is 0.246. The third-order valence-electron chi connectivity index (χ3n) is 2.89. The van der Waals surface area contributed by atoms with E-state index in [9.17, 15) is 0 Å². The highest BCUT2D eigenvalue weighted by Gasteiger charge is 2.17. The Morgan fingerprint density at radius 3 is 2.62 bits per heavy atom. The molecule has 1 fully saturated rings. The van der Waals surface area contributed by atoms with Gasteiger partial charge in [0.25, 0.3) is 0 Å². The standard InChI is InChI=1S/C12H20N4/c1-11(13)10-15-6-8-16(9-7-15)12-4-2-3-5-14-12/h2-5,11H,6-10,13H2,1H3/t11-/m1/s1. The molecular weight excluding hydrogens is 200 g/mol. The molecule has 1 aromatic rings. The average Bonchev–Trinajstić information content (AvgIpc) is 2.30. The first-order chi connectivity index (χ1) is 7.75. The van der Waals surface area contributed by atoms with Gasteiger partial charge in [0.05, 0.1) is 0 Å². The van der Waals surface area contributed by atoms with E-state index in [1.54, 1.807) is 0 Å². The molecule has 88 valence electrons. The van der Waals surface area contributed by atoms with Crippen LogP contribution in [0.15, 0.2) is 24.4 Å². The molecule has 1 aliphatic heterocycles. The molecule has 1 atom stereocenters. The van der Waals surface area contributed by atoms with E-state index in [2.05, 4.69) is 27.8 Å². The molecule has 0 aliphatic carbocycles. The molecule has 1 aliphatic rings. The Hall–Kier alpha value is -1.13. The van der Waals surface area contributed by atoms with Crippen molar-refractivity contribution in [3.05, 3.63) is 24.4 Å². The predicted octanol–water partition coefficient (Wildman–Crippen LogP) is 0.551. The fourth-order valence-electron chi connectivity index (χ4n) is 2.11. The van der Waals surface area contributed by atoms with Gasteiger partial charge in [-0.3, -0.25) is 4.90 Å². The number of piperazine rings is 1. The minimum absolute atomic E-state index is 0.265. The summed E-state index contributed by atoms with van der Waals surface area (Å²) in [7, 11) is 0. The maximum absolute atomic E-state index is 5.80. The van der Waals surface area contributed by atoms with E-state index in [1.165, 1.54) is 0 Å². The molecule has 0 bridgehead atoms. The third kappa shape index (κ3) is 2.93. The van der Waals surface area contributed by atoms with Gasteiger partial charge in [-0.1, -0.05) is 6.07 Å². The van der Waals surface area contributed by atoms with Gasteiger partial charge in [0.1, 0.15) is 5.82 Å². The first-order valence-electron chi connectivity index (χ1n) is 5.89. The van der Waals surface area contributed by atoms with Crippen LogP contribution in [0.4, 0.5) is 5.82 Å². The molecular formula is C12H20N4. The maximum atomic E-state index is 5.80. The van der Waals surface area contributed by atoms with E-state index < -0.39 is 0 Å². The monoisotopic (exact) mass is 220 g/mol. The minimum Gasteiger partial charge on any atom is -0.354 e. The van der Waals surface area contributed by atoms with Gasteiger partial charge in [-0.25, -0.2) is 4.98 Å². The highest BCUT2D eigenvalue weighted by atomic mass is 15.3. The largest absolute Gasteiger partial charge is 0.354 e. The van der Waals surface area contributed by atoms with Gasteiger partial charge in [0.15, 0.2) is 0 Å². The maximum Gasteiger partial charge on any atom is 0.128 e. The summed E-state index contributed by atoms with van der Waals surface area (Å²) in [6.07, 6.45) is 1.85. The van der Waals surface area contributed by atoms with Crippen LogP contribution in [-0.2, 0) is 0 Å². The van der Waals surface area contributed by atoms with Crippen molar-refractivity contribution in [2.75, 3.05) is 37.6 Å². The Labute approximate surface area is 97.1 Å². The van der Waals surface area contributed by atoms with Crippen LogP contribution in [0.25, 0.3) is 0 Å². The normalized spacial score (nSPS) is 19.8. The molecule has 0 unspecified atom stereocenters. The summed E-state index contributed by atoms with van der Waals surface area (Å²) < 4.78 is 0. The summed E-state index contributed by atoms with van der Waals surface area (Å²) in [4.78, 5) is 9.12. The number of nitrogens with two attached hydrogens (primary N) is 1. The average molecular weight is 220 g/mol. The summed E-state index contributed by atoms with van der Waals surface area (Å²) in [5, 5.41) is 0. The molecule has 4 heteroatoms. The number of rotatable bonds is 3. The zero-order chi connectivity index (χ0) is 11.4. The highest BCUT2D eigenvalue weighted by Crippen LogP contribution is 2.12. The van der Waals surface area contributed by atoms with E-state index in [0.29, 0.717) is 0 Å². The summed E-state index contributed by atoms with van der Waals surface area (Å²) in [6, 6.07) is 6.33. The minimum atomic E-state index is 0.265. The van der Waals surface area contributed by atoms with Crippen molar-refractivity contribution < 1.29 is 0 Å². The second kappa shape index (κ2) is 5.27. The zero-order valence-electron chi connectivity index (χ0n) is 9.84. The lowest BCUT2D eigenvalue weighted by Crippen LogP contribution is -2.49. The van der Waals surface area contributed by atoms with Gasteiger partial charge >= 0.3 is 0 Å². The number of pyridine rings is 1. The quantitative estimate of drug-likeness (QED) is 0.808. The molecule has 2 N–H and O–H groups in total. The lowest BCUT2D eigenvalue weighted by atomic mass is 10.2. The fourth-order valence-corrected chi connectivity index (χ4v) is 2.11. The predicted molar refractivity (Wildman–Crippen MR) is 66.5 cm³/mol. The summed E-state index contributed by atoms with van der Waals surface area (Å²) in [5.74, 6) is 1.09. The van der Waals surface area contributed by atoms with Crippen LogP contribution in [0.5, 0.6) is 0 Å². The van der Waals surface area contributed by atoms with Gasteiger partial charge in [0.2, 0.25) is 0 Å². The fraction of sp³-hybridized carbons (Fsp3) is 0.583. The van der Waals surface area contributed by atoms with Crippen LogP contribution in [0.3, 0.4) is 0 Å². The van der Waals surface area contributed by atoms with Gasteiger partial charge < -0.3 is 10.6 Å². The first kappa shape index (κ1) is 11.4. The number of hydrogen-bond donors (Lipinski definition) is 1. The zero-order valence-corrected chi connectivity index (χ0v) is 9.84. The molecule has 16 heavy (non-hydrogen) atoms. The molecule has 1 saturated heterocycles. The summed E-state index contributed by atoms with van der Waals surface area (Å²) in [5.41, 5.74) is 5.80. The molecule has 0 spiro atoms. The molecule has 2 rings (SSSR count). The summed E-state index contributed by atoms with van der Waals surface area (Å²) >= 11 is 0. The Morgan fingerprint density at radius 1 is 1.31 bits per heavy atom. The SMILES string of the molecule is C[C@@H](N)CN1CCN(c2ccccn2)CC1. The molecule has 1 aromatic heterocycles. The van der Waals surface area contributed by atoms with E-state index in [4.69, 9.17) is 5.73 Å². The number of anilines is 1. The van der Waals surface area contributed by atoms with Crippen molar-refractivity contribution in [3.63, 3.8) is 0 Å². The Balaban J connectivity index is 1.86. The van der Waals surface area contributed by atoms with Crippen molar-refractivity contribution in [2.24, 2.45) is 5.73 Å². The van der Waals surface area contributed by atoms with E-state index in [1.807, 2.05) is 18.3 Å². The Morgan fingerprint density at radius 2 is 2.06 bits per heavy atom. The molecule has 0 saturated carbocycles.